The molecular formula is C12H13BrClNO4S. The summed E-state index contributed by atoms with van der Waals surface area (Å²) >= 11 is 9.13. The molecule has 1 fully saturated rings. The van der Waals surface area contributed by atoms with Gasteiger partial charge in [0.25, 0.3) is 0 Å². The van der Waals surface area contributed by atoms with Gasteiger partial charge in [0.2, 0.25) is 10.0 Å². The summed E-state index contributed by atoms with van der Waals surface area (Å²) in [5.41, 5.74) is 0. The zero-order valence-electron chi connectivity index (χ0n) is 10.4. The number of benzene rings is 1. The van der Waals surface area contributed by atoms with E-state index in [4.69, 9.17) is 16.7 Å². The average molecular weight is 383 g/mol. The van der Waals surface area contributed by atoms with Gasteiger partial charge in [-0.05, 0) is 47.0 Å². The molecule has 1 aromatic carbocycles. The lowest BCUT2D eigenvalue weighted by Crippen LogP contribution is -2.40. The summed E-state index contributed by atoms with van der Waals surface area (Å²) in [6, 6.07) is 4.46. The molecule has 0 saturated carbocycles. The third-order valence-electron chi connectivity index (χ3n) is 3.33. The third-order valence-corrected chi connectivity index (χ3v) is 6.46. The first kappa shape index (κ1) is 15.8. The van der Waals surface area contributed by atoms with E-state index in [9.17, 15) is 13.2 Å². The van der Waals surface area contributed by atoms with Crippen molar-refractivity contribution in [1.29, 1.82) is 0 Å². The van der Waals surface area contributed by atoms with Crippen LogP contribution in [0.2, 0.25) is 5.02 Å². The summed E-state index contributed by atoms with van der Waals surface area (Å²) in [6.07, 6.45) is 0.664. The minimum Gasteiger partial charge on any atom is -0.481 e. The Morgan fingerprint density at radius 3 is 2.45 bits per heavy atom. The Bertz CT molecular complexity index is 626. The van der Waals surface area contributed by atoms with Crippen molar-refractivity contribution >= 4 is 43.5 Å². The van der Waals surface area contributed by atoms with Crippen LogP contribution >= 0.6 is 27.5 Å². The molecular weight excluding hydrogens is 370 g/mol. The highest BCUT2D eigenvalue weighted by Gasteiger charge is 2.32. The maximum Gasteiger partial charge on any atom is 0.306 e. The van der Waals surface area contributed by atoms with Gasteiger partial charge >= 0.3 is 5.97 Å². The number of carboxylic acids is 1. The van der Waals surface area contributed by atoms with E-state index in [1.165, 1.54) is 16.4 Å². The highest BCUT2D eigenvalue weighted by Crippen LogP contribution is 2.29. The number of aliphatic carboxylic acids is 1. The molecule has 20 heavy (non-hydrogen) atoms. The molecule has 8 heteroatoms. The van der Waals surface area contributed by atoms with Crippen LogP contribution in [0.3, 0.4) is 0 Å². The smallest absolute Gasteiger partial charge is 0.306 e. The molecule has 1 saturated heterocycles. The predicted octanol–water partition coefficient (Wildman–Crippen LogP) is 2.59. The first-order chi connectivity index (χ1) is 9.32. The van der Waals surface area contributed by atoms with Gasteiger partial charge in [0.05, 0.1) is 15.8 Å². The Morgan fingerprint density at radius 2 is 1.95 bits per heavy atom. The van der Waals surface area contributed by atoms with Crippen LogP contribution in [-0.2, 0) is 14.8 Å². The maximum absolute atomic E-state index is 12.4. The zero-order chi connectivity index (χ0) is 14.9. The number of hydrogen-bond donors (Lipinski definition) is 1. The Balaban J connectivity index is 2.19. The van der Waals surface area contributed by atoms with Crippen molar-refractivity contribution in [2.24, 2.45) is 5.92 Å². The lowest BCUT2D eigenvalue weighted by molar-refractivity contribution is -0.142. The molecule has 2 rings (SSSR count). The minimum absolute atomic E-state index is 0.125. The van der Waals surface area contributed by atoms with Gasteiger partial charge in [-0.15, -0.1) is 0 Å². The summed E-state index contributed by atoms with van der Waals surface area (Å²) in [5.74, 6) is -1.33. The lowest BCUT2D eigenvalue weighted by atomic mass is 9.99. The van der Waals surface area contributed by atoms with Gasteiger partial charge in [-0.25, -0.2) is 8.42 Å². The van der Waals surface area contributed by atoms with E-state index < -0.39 is 21.9 Å². The van der Waals surface area contributed by atoms with Crippen LogP contribution in [0.1, 0.15) is 12.8 Å². The van der Waals surface area contributed by atoms with E-state index in [1.54, 1.807) is 6.07 Å². The Morgan fingerprint density at radius 1 is 1.35 bits per heavy atom. The largest absolute Gasteiger partial charge is 0.481 e. The topological polar surface area (TPSA) is 74.7 Å². The number of carboxylic acid groups (broad SMARTS) is 1. The standard InChI is InChI=1S/C12H13BrClNO4S/c13-10-2-1-9(7-11(10)14)20(18,19)15-5-3-8(4-6-15)12(16)17/h1-2,7-8H,3-6H2,(H,16,17). The first-order valence-electron chi connectivity index (χ1n) is 6.00. The van der Waals surface area contributed by atoms with Gasteiger partial charge in [0.15, 0.2) is 0 Å². The van der Waals surface area contributed by atoms with Crippen LogP contribution in [0, 0.1) is 5.92 Å². The van der Waals surface area contributed by atoms with Gasteiger partial charge in [0.1, 0.15) is 0 Å². The van der Waals surface area contributed by atoms with Crippen molar-refractivity contribution in [3.8, 4) is 0 Å². The van der Waals surface area contributed by atoms with Crippen LogP contribution in [0.5, 0.6) is 0 Å². The quantitative estimate of drug-likeness (QED) is 0.872. The molecule has 1 N–H and O–H groups in total. The van der Waals surface area contributed by atoms with E-state index in [-0.39, 0.29) is 18.0 Å². The Hall–Kier alpha value is -0.630. The van der Waals surface area contributed by atoms with Crippen molar-refractivity contribution in [1.82, 2.24) is 4.31 Å². The predicted molar refractivity (Wildman–Crippen MR) is 78.3 cm³/mol. The summed E-state index contributed by atoms with van der Waals surface area (Å²) in [7, 11) is -3.62. The summed E-state index contributed by atoms with van der Waals surface area (Å²) < 4.78 is 26.8. The molecule has 1 aliphatic heterocycles. The second-order valence-electron chi connectivity index (χ2n) is 4.59. The molecule has 110 valence electrons. The van der Waals surface area contributed by atoms with Crippen LogP contribution in [0.25, 0.3) is 0 Å². The Labute approximate surface area is 130 Å². The van der Waals surface area contributed by atoms with Crippen molar-refractivity contribution in [2.45, 2.75) is 17.7 Å². The van der Waals surface area contributed by atoms with Crippen LogP contribution < -0.4 is 0 Å². The Kier molecular flexibility index (Phi) is 4.73. The molecule has 1 aromatic rings. The highest BCUT2D eigenvalue weighted by molar-refractivity contribution is 9.10. The van der Waals surface area contributed by atoms with Gasteiger partial charge in [0, 0.05) is 17.6 Å². The molecule has 0 spiro atoms. The van der Waals surface area contributed by atoms with Gasteiger partial charge in [-0.3, -0.25) is 4.79 Å². The molecule has 0 bridgehead atoms. The lowest BCUT2D eigenvalue weighted by Gasteiger charge is -2.29. The number of hydrogen-bond acceptors (Lipinski definition) is 3. The molecule has 0 unspecified atom stereocenters. The minimum atomic E-state index is -3.62. The number of nitrogens with zero attached hydrogens (tertiary/aromatic N) is 1. The van der Waals surface area contributed by atoms with E-state index in [0.29, 0.717) is 22.3 Å². The fourth-order valence-corrected chi connectivity index (χ4v) is 4.12. The number of rotatable bonds is 3. The van der Waals surface area contributed by atoms with E-state index in [2.05, 4.69) is 15.9 Å². The van der Waals surface area contributed by atoms with Crippen molar-refractivity contribution in [3.05, 3.63) is 27.7 Å². The second-order valence-corrected chi connectivity index (χ2v) is 7.79. The van der Waals surface area contributed by atoms with Crippen molar-refractivity contribution < 1.29 is 18.3 Å². The number of carbonyl (C=O) groups is 1. The fourth-order valence-electron chi connectivity index (χ4n) is 2.13. The maximum atomic E-state index is 12.4. The van der Waals surface area contributed by atoms with Gasteiger partial charge in [-0.1, -0.05) is 11.6 Å². The summed E-state index contributed by atoms with van der Waals surface area (Å²) in [6.45, 7) is 0.431. The number of piperidine rings is 1. The summed E-state index contributed by atoms with van der Waals surface area (Å²) in [4.78, 5) is 11.0. The molecule has 1 aliphatic rings. The van der Waals surface area contributed by atoms with E-state index in [0.717, 1.165) is 0 Å². The van der Waals surface area contributed by atoms with Crippen LogP contribution in [0.15, 0.2) is 27.6 Å². The zero-order valence-corrected chi connectivity index (χ0v) is 13.6. The highest BCUT2D eigenvalue weighted by atomic mass is 79.9. The summed E-state index contributed by atoms with van der Waals surface area (Å²) in [5, 5.41) is 9.25. The molecule has 1 heterocycles. The SMILES string of the molecule is O=C(O)C1CCN(S(=O)(=O)c2ccc(Br)c(Cl)c2)CC1. The molecule has 0 atom stereocenters. The van der Waals surface area contributed by atoms with Crippen molar-refractivity contribution in [2.75, 3.05) is 13.1 Å². The van der Waals surface area contributed by atoms with Crippen molar-refractivity contribution in [3.63, 3.8) is 0 Å². The normalized spacial score (nSPS) is 18.1. The van der Waals surface area contributed by atoms with E-state index >= 15 is 0 Å². The van der Waals surface area contributed by atoms with Gasteiger partial charge < -0.3 is 5.11 Å². The fraction of sp³-hybridized carbons (Fsp3) is 0.417. The molecule has 5 nitrogen and oxygen atoms in total. The van der Waals surface area contributed by atoms with Crippen LogP contribution in [-0.4, -0.2) is 36.9 Å². The number of halogens is 2. The van der Waals surface area contributed by atoms with Gasteiger partial charge in [-0.2, -0.15) is 4.31 Å². The third kappa shape index (κ3) is 3.16. The average Bonchev–Trinajstić information content (AvgIpc) is 2.41. The first-order valence-corrected chi connectivity index (χ1v) is 8.61. The molecule has 0 aliphatic carbocycles. The second kappa shape index (κ2) is 6.01. The molecule has 0 amide bonds. The molecule has 0 aromatic heterocycles. The van der Waals surface area contributed by atoms with Crippen LogP contribution in [0.4, 0.5) is 0 Å². The number of sulfonamides is 1. The molecule has 0 radical (unpaired) electrons. The monoisotopic (exact) mass is 381 g/mol. The van der Waals surface area contributed by atoms with E-state index in [1.807, 2.05) is 0 Å².